The van der Waals surface area contributed by atoms with Gasteiger partial charge in [0.2, 0.25) is 15.9 Å². The van der Waals surface area contributed by atoms with Gasteiger partial charge in [0, 0.05) is 12.6 Å². The zero-order valence-corrected chi connectivity index (χ0v) is 15.4. The molecule has 0 unspecified atom stereocenters. The summed E-state index contributed by atoms with van der Waals surface area (Å²) in [5, 5.41) is 4.78. The smallest absolute Gasteiger partial charge is 0.243 e. The molecule has 1 heterocycles. The molecule has 0 aliphatic carbocycles. The molecule has 1 saturated heterocycles. The van der Waals surface area contributed by atoms with Gasteiger partial charge in [0.1, 0.15) is 6.04 Å². The first-order chi connectivity index (χ1) is 11.9. The summed E-state index contributed by atoms with van der Waals surface area (Å²) in [6.07, 6.45) is 2.08. The Bertz CT molecular complexity index is 879. The molecule has 0 bridgehead atoms. The minimum Gasteiger partial charge on any atom is -0.352 e. The number of amides is 1. The van der Waals surface area contributed by atoms with E-state index in [0.29, 0.717) is 19.4 Å². The van der Waals surface area contributed by atoms with Crippen LogP contribution in [0.25, 0.3) is 10.8 Å². The summed E-state index contributed by atoms with van der Waals surface area (Å²) < 4.78 is 27.5. The van der Waals surface area contributed by atoms with E-state index < -0.39 is 16.1 Å². The lowest BCUT2D eigenvalue weighted by Gasteiger charge is -2.25. The van der Waals surface area contributed by atoms with E-state index in [4.69, 9.17) is 0 Å². The first-order valence-corrected chi connectivity index (χ1v) is 10.2. The van der Waals surface area contributed by atoms with Crippen molar-refractivity contribution in [3.05, 3.63) is 42.5 Å². The predicted octanol–water partition coefficient (Wildman–Crippen LogP) is 2.91. The van der Waals surface area contributed by atoms with Gasteiger partial charge in [-0.15, -0.1) is 0 Å². The Hall–Kier alpha value is -1.92. The van der Waals surface area contributed by atoms with Crippen molar-refractivity contribution in [2.75, 3.05) is 6.54 Å². The van der Waals surface area contributed by atoms with Crippen molar-refractivity contribution >= 4 is 26.7 Å². The Labute approximate surface area is 149 Å². The number of fused-ring (bicyclic) bond motifs is 1. The molecule has 1 fully saturated rings. The standard InChI is InChI=1S/C19H24N2O3S/c1-3-14(2)20-19(22)18-9-6-12-21(18)25(23,24)17-11-10-15-7-4-5-8-16(15)13-17/h4-5,7-8,10-11,13-14,18H,3,6,9,12H2,1-2H3,(H,20,22)/t14-,18-/m1/s1. The summed E-state index contributed by atoms with van der Waals surface area (Å²) in [5.74, 6) is -0.198. The molecule has 2 aromatic carbocycles. The van der Waals surface area contributed by atoms with Crippen LogP contribution in [-0.4, -0.2) is 37.3 Å². The van der Waals surface area contributed by atoms with Gasteiger partial charge in [-0.2, -0.15) is 4.31 Å². The normalized spacial score (nSPS) is 19.8. The van der Waals surface area contributed by atoms with Crippen molar-refractivity contribution in [3.63, 3.8) is 0 Å². The van der Waals surface area contributed by atoms with Crippen LogP contribution >= 0.6 is 0 Å². The quantitative estimate of drug-likeness (QED) is 0.891. The summed E-state index contributed by atoms with van der Waals surface area (Å²) in [6.45, 7) is 4.30. The van der Waals surface area contributed by atoms with E-state index in [2.05, 4.69) is 5.32 Å². The lowest BCUT2D eigenvalue weighted by Crippen LogP contribution is -2.48. The maximum atomic E-state index is 13.1. The summed E-state index contributed by atoms with van der Waals surface area (Å²) >= 11 is 0. The summed E-state index contributed by atoms with van der Waals surface area (Å²) in [5.41, 5.74) is 0. The third kappa shape index (κ3) is 3.55. The SMILES string of the molecule is CC[C@@H](C)NC(=O)[C@H]1CCCN1S(=O)(=O)c1ccc2ccccc2c1. The zero-order chi connectivity index (χ0) is 18.0. The average molecular weight is 360 g/mol. The van der Waals surface area contributed by atoms with Gasteiger partial charge in [-0.1, -0.05) is 37.3 Å². The molecule has 5 nitrogen and oxygen atoms in total. The second kappa shape index (κ2) is 7.14. The minimum absolute atomic E-state index is 0.0401. The van der Waals surface area contributed by atoms with Crippen molar-refractivity contribution in [1.29, 1.82) is 0 Å². The number of hydrogen-bond acceptors (Lipinski definition) is 3. The van der Waals surface area contributed by atoms with Crippen LogP contribution in [0.5, 0.6) is 0 Å². The number of benzene rings is 2. The summed E-state index contributed by atoms with van der Waals surface area (Å²) in [7, 11) is -3.69. The lowest BCUT2D eigenvalue weighted by molar-refractivity contribution is -0.124. The van der Waals surface area contributed by atoms with E-state index in [1.807, 2.05) is 44.2 Å². The fourth-order valence-electron chi connectivity index (χ4n) is 3.19. The fourth-order valence-corrected chi connectivity index (χ4v) is 4.89. The highest BCUT2D eigenvalue weighted by Crippen LogP contribution is 2.28. The molecule has 6 heteroatoms. The molecule has 1 aliphatic rings. The second-order valence-electron chi connectivity index (χ2n) is 6.60. The van der Waals surface area contributed by atoms with E-state index in [1.54, 1.807) is 12.1 Å². The molecule has 1 aliphatic heterocycles. The van der Waals surface area contributed by atoms with Crippen molar-refractivity contribution in [2.45, 2.75) is 50.1 Å². The molecule has 2 atom stereocenters. The molecule has 1 amide bonds. The van der Waals surface area contributed by atoms with E-state index in [0.717, 1.165) is 17.2 Å². The molecule has 2 aromatic rings. The van der Waals surface area contributed by atoms with Crippen LogP contribution in [0, 0.1) is 0 Å². The maximum Gasteiger partial charge on any atom is 0.243 e. The lowest BCUT2D eigenvalue weighted by atomic mass is 10.1. The zero-order valence-electron chi connectivity index (χ0n) is 14.6. The molecule has 3 rings (SSSR count). The summed E-state index contributed by atoms with van der Waals surface area (Å²) in [4.78, 5) is 12.7. The first-order valence-electron chi connectivity index (χ1n) is 8.74. The molecule has 0 spiro atoms. The number of carbonyl (C=O) groups excluding carboxylic acids is 1. The van der Waals surface area contributed by atoms with Crippen LogP contribution in [-0.2, 0) is 14.8 Å². The molecule has 0 saturated carbocycles. The Balaban J connectivity index is 1.90. The first kappa shape index (κ1) is 17.9. The van der Waals surface area contributed by atoms with Crippen molar-refractivity contribution < 1.29 is 13.2 Å². The number of carbonyl (C=O) groups is 1. The van der Waals surface area contributed by atoms with Gasteiger partial charge in [0.25, 0.3) is 0 Å². The Kier molecular flexibility index (Phi) is 5.11. The van der Waals surface area contributed by atoms with Gasteiger partial charge in [-0.3, -0.25) is 4.79 Å². The van der Waals surface area contributed by atoms with Crippen LogP contribution in [0.1, 0.15) is 33.1 Å². The second-order valence-corrected chi connectivity index (χ2v) is 8.49. The third-order valence-electron chi connectivity index (χ3n) is 4.83. The minimum atomic E-state index is -3.69. The van der Waals surface area contributed by atoms with E-state index in [-0.39, 0.29) is 16.8 Å². The van der Waals surface area contributed by atoms with Crippen molar-refractivity contribution in [2.24, 2.45) is 0 Å². The molecule has 25 heavy (non-hydrogen) atoms. The highest BCUT2D eigenvalue weighted by molar-refractivity contribution is 7.89. The number of hydrogen-bond donors (Lipinski definition) is 1. The fraction of sp³-hybridized carbons (Fsp3) is 0.421. The maximum absolute atomic E-state index is 13.1. The van der Waals surface area contributed by atoms with Crippen LogP contribution in [0.3, 0.4) is 0 Å². The Morgan fingerprint density at radius 2 is 1.96 bits per heavy atom. The Morgan fingerprint density at radius 1 is 1.24 bits per heavy atom. The molecule has 134 valence electrons. The Morgan fingerprint density at radius 3 is 2.68 bits per heavy atom. The predicted molar refractivity (Wildman–Crippen MR) is 98.8 cm³/mol. The molecular formula is C19H24N2O3S. The number of nitrogens with zero attached hydrogens (tertiary/aromatic N) is 1. The van der Waals surface area contributed by atoms with Crippen LogP contribution in [0.15, 0.2) is 47.4 Å². The van der Waals surface area contributed by atoms with Crippen molar-refractivity contribution in [1.82, 2.24) is 9.62 Å². The van der Waals surface area contributed by atoms with Crippen LogP contribution in [0.2, 0.25) is 0 Å². The van der Waals surface area contributed by atoms with E-state index >= 15 is 0 Å². The molecule has 1 N–H and O–H groups in total. The highest BCUT2D eigenvalue weighted by atomic mass is 32.2. The highest BCUT2D eigenvalue weighted by Gasteiger charge is 2.39. The topological polar surface area (TPSA) is 66.5 Å². The van der Waals surface area contributed by atoms with Gasteiger partial charge in [0.05, 0.1) is 4.90 Å². The third-order valence-corrected chi connectivity index (χ3v) is 6.74. The summed E-state index contributed by atoms with van der Waals surface area (Å²) in [6, 6.07) is 12.2. The largest absolute Gasteiger partial charge is 0.352 e. The van der Waals surface area contributed by atoms with Gasteiger partial charge < -0.3 is 5.32 Å². The molecule has 0 radical (unpaired) electrons. The number of sulfonamides is 1. The van der Waals surface area contributed by atoms with E-state index in [9.17, 15) is 13.2 Å². The van der Waals surface area contributed by atoms with Gasteiger partial charge >= 0.3 is 0 Å². The van der Waals surface area contributed by atoms with E-state index in [1.165, 1.54) is 4.31 Å². The van der Waals surface area contributed by atoms with Gasteiger partial charge in [-0.05, 0) is 49.1 Å². The number of rotatable bonds is 5. The van der Waals surface area contributed by atoms with Crippen molar-refractivity contribution in [3.8, 4) is 0 Å². The van der Waals surface area contributed by atoms with Crippen LogP contribution in [0.4, 0.5) is 0 Å². The average Bonchev–Trinajstić information content (AvgIpc) is 3.12. The molecular weight excluding hydrogens is 336 g/mol. The molecule has 0 aromatic heterocycles. The monoisotopic (exact) mass is 360 g/mol. The van der Waals surface area contributed by atoms with Gasteiger partial charge in [-0.25, -0.2) is 8.42 Å². The number of nitrogens with one attached hydrogen (secondary N) is 1. The van der Waals surface area contributed by atoms with Gasteiger partial charge in [0.15, 0.2) is 0 Å². The van der Waals surface area contributed by atoms with Crippen LogP contribution < -0.4 is 5.32 Å².